The van der Waals surface area contributed by atoms with Crippen LogP contribution in [0.5, 0.6) is 5.75 Å². The minimum Gasteiger partial charge on any atom is -0.491 e. The van der Waals surface area contributed by atoms with E-state index in [9.17, 15) is 4.79 Å². The van der Waals surface area contributed by atoms with Gasteiger partial charge in [-0.1, -0.05) is 17.7 Å². The van der Waals surface area contributed by atoms with E-state index in [1.807, 2.05) is 26.0 Å². The molecule has 4 heteroatoms. The second-order valence-electron chi connectivity index (χ2n) is 5.77. The fourth-order valence-electron chi connectivity index (χ4n) is 2.71. The van der Waals surface area contributed by atoms with E-state index in [-0.39, 0.29) is 5.97 Å². The lowest BCUT2D eigenvalue weighted by atomic mass is 9.94. The summed E-state index contributed by atoms with van der Waals surface area (Å²) in [4.78, 5) is 12.4. The van der Waals surface area contributed by atoms with Crippen LogP contribution < -0.4 is 10.1 Å². The molecule has 0 amide bonds. The second kappa shape index (κ2) is 6.48. The summed E-state index contributed by atoms with van der Waals surface area (Å²) in [5.74, 6) is 0.914. The summed E-state index contributed by atoms with van der Waals surface area (Å²) in [5.41, 5.74) is 1.56. The van der Waals surface area contributed by atoms with Crippen molar-refractivity contribution in [3.63, 3.8) is 0 Å². The number of likely N-dealkylation sites (N-methyl/N-ethyl adjacent to an activating group) is 1. The van der Waals surface area contributed by atoms with Crippen LogP contribution in [-0.4, -0.2) is 31.8 Å². The van der Waals surface area contributed by atoms with Crippen LogP contribution in [0.25, 0.3) is 0 Å². The van der Waals surface area contributed by atoms with Crippen molar-refractivity contribution in [2.24, 2.45) is 5.92 Å². The Bertz CT molecular complexity index is 511. The summed E-state index contributed by atoms with van der Waals surface area (Å²) < 4.78 is 11.2. The Kier molecular flexibility index (Phi) is 4.88. The number of esters is 1. The molecule has 2 rings (SSSR count). The Labute approximate surface area is 126 Å². The van der Waals surface area contributed by atoms with Crippen molar-refractivity contribution in [1.29, 1.82) is 0 Å². The van der Waals surface area contributed by atoms with E-state index in [4.69, 9.17) is 9.47 Å². The molecule has 0 heterocycles. The smallest absolute Gasteiger partial charge is 0.330 e. The number of rotatable bonds is 7. The topological polar surface area (TPSA) is 47.6 Å². The van der Waals surface area contributed by atoms with Gasteiger partial charge in [-0.3, -0.25) is 0 Å². The Morgan fingerprint density at radius 1 is 1.38 bits per heavy atom. The van der Waals surface area contributed by atoms with Gasteiger partial charge in [0.15, 0.2) is 5.54 Å². The highest BCUT2D eigenvalue weighted by Gasteiger charge is 2.52. The summed E-state index contributed by atoms with van der Waals surface area (Å²) in [5, 5.41) is 3.16. The quantitative estimate of drug-likeness (QED) is 0.785. The van der Waals surface area contributed by atoms with Crippen LogP contribution in [0, 0.1) is 19.8 Å². The normalized spacial score (nSPS) is 17.1. The molecule has 0 aromatic heterocycles. The molecule has 1 fully saturated rings. The minimum absolute atomic E-state index is 0.209. The number of ether oxygens (including phenoxy) is 2. The van der Waals surface area contributed by atoms with E-state index in [2.05, 4.69) is 18.3 Å². The van der Waals surface area contributed by atoms with Crippen LogP contribution in [0.2, 0.25) is 0 Å². The Hall–Kier alpha value is -1.55. The van der Waals surface area contributed by atoms with Gasteiger partial charge >= 0.3 is 5.97 Å². The molecule has 0 bridgehead atoms. The molecule has 0 radical (unpaired) electrons. The van der Waals surface area contributed by atoms with Crippen molar-refractivity contribution in [3.05, 3.63) is 29.3 Å². The third kappa shape index (κ3) is 3.38. The third-order valence-electron chi connectivity index (χ3n) is 4.15. The van der Waals surface area contributed by atoms with Crippen LogP contribution in [0.1, 0.15) is 30.9 Å². The summed E-state index contributed by atoms with van der Waals surface area (Å²) in [6.07, 6.45) is 2.08. The van der Waals surface area contributed by atoms with Gasteiger partial charge in [-0.05, 0) is 58.2 Å². The van der Waals surface area contributed by atoms with E-state index in [0.29, 0.717) is 19.1 Å². The predicted octanol–water partition coefficient (Wildman–Crippen LogP) is 2.61. The SMILES string of the molecule is CCOC(=O)C(COc1ccc(C)cc1C)(NC)C1CC1. The molecule has 0 saturated heterocycles. The molecule has 1 saturated carbocycles. The van der Waals surface area contributed by atoms with Gasteiger partial charge in [0.1, 0.15) is 12.4 Å². The van der Waals surface area contributed by atoms with Crippen LogP contribution in [0.3, 0.4) is 0 Å². The number of hydrogen-bond donors (Lipinski definition) is 1. The maximum atomic E-state index is 12.4. The predicted molar refractivity (Wildman–Crippen MR) is 82.6 cm³/mol. The molecule has 116 valence electrons. The molecule has 1 aromatic rings. The lowest BCUT2D eigenvalue weighted by molar-refractivity contribution is -0.153. The summed E-state index contributed by atoms with van der Waals surface area (Å²) in [7, 11) is 1.81. The number of benzene rings is 1. The van der Waals surface area contributed by atoms with Gasteiger partial charge in [-0.15, -0.1) is 0 Å². The van der Waals surface area contributed by atoms with E-state index in [1.54, 1.807) is 7.05 Å². The average molecular weight is 291 g/mol. The largest absolute Gasteiger partial charge is 0.491 e. The second-order valence-corrected chi connectivity index (χ2v) is 5.77. The molecule has 1 aliphatic rings. The fourth-order valence-corrected chi connectivity index (χ4v) is 2.71. The molecule has 4 nitrogen and oxygen atoms in total. The van der Waals surface area contributed by atoms with Crippen LogP contribution in [-0.2, 0) is 9.53 Å². The molecule has 0 aliphatic heterocycles. The van der Waals surface area contributed by atoms with Crippen LogP contribution in [0.15, 0.2) is 18.2 Å². The first-order valence-electron chi connectivity index (χ1n) is 7.59. The molecular weight excluding hydrogens is 266 g/mol. The molecular formula is C17H25NO3. The van der Waals surface area contributed by atoms with Gasteiger partial charge in [0.05, 0.1) is 6.61 Å². The molecule has 1 N–H and O–H groups in total. The van der Waals surface area contributed by atoms with E-state index >= 15 is 0 Å². The van der Waals surface area contributed by atoms with Gasteiger partial charge < -0.3 is 14.8 Å². The van der Waals surface area contributed by atoms with Gasteiger partial charge in [-0.25, -0.2) is 4.79 Å². The Balaban J connectivity index is 2.13. The van der Waals surface area contributed by atoms with Crippen molar-refractivity contribution < 1.29 is 14.3 Å². The lowest BCUT2D eigenvalue weighted by Gasteiger charge is -2.31. The van der Waals surface area contributed by atoms with Crippen molar-refractivity contribution in [3.8, 4) is 5.75 Å². The number of carbonyl (C=O) groups is 1. The first-order valence-corrected chi connectivity index (χ1v) is 7.59. The monoisotopic (exact) mass is 291 g/mol. The Morgan fingerprint density at radius 3 is 2.62 bits per heavy atom. The van der Waals surface area contributed by atoms with Crippen LogP contribution >= 0.6 is 0 Å². The van der Waals surface area contributed by atoms with Gasteiger partial charge in [-0.2, -0.15) is 0 Å². The van der Waals surface area contributed by atoms with Crippen LogP contribution in [0.4, 0.5) is 0 Å². The van der Waals surface area contributed by atoms with Gasteiger partial charge in [0.25, 0.3) is 0 Å². The highest BCUT2D eigenvalue weighted by Crippen LogP contribution is 2.41. The standard InChI is InChI=1S/C17H25NO3/c1-5-20-16(19)17(18-4,14-7-8-14)11-21-15-9-6-12(2)10-13(15)3/h6,9-10,14,18H,5,7-8,11H2,1-4H3. The zero-order valence-electron chi connectivity index (χ0n) is 13.4. The van der Waals surface area contributed by atoms with Crippen molar-refractivity contribution >= 4 is 5.97 Å². The molecule has 1 aromatic carbocycles. The number of nitrogens with one attached hydrogen (secondary N) is 1. The maximum Gasteiger partial charge on any atom is 0.330 e. The number of hydrogen-bond acceptors (Lipinski definition) is 4. The number of aryl methyl sites for hydroxylation is 2. The van der Waals surface area contributed by atoms with E-state index in [1.165, 1.54) is 5.56 Å². The fraction of sp³-hybridized carbons (Fsp3) is 0.588. The number of carbonyl (C=O) groups excluding carboxylic acids is 1. The molecule has 1 aliphatic carbocycles. The molecule has 0 spiro atoms. The minimum atomic E-state index is -0.729. The van der Waals surface area contributed by atoms with E-state index in [0.717, 1.165) is 24.2 Å². The molecule has 1 unspecified atom stereocenters. The maximum absolute atomic E-state index is 12.4. The highest BCUT2D eigenvalue weighted by molar-refractivity contribution is 5.82. The zero-order valence-corrected chi connectivity index (χ0v) is 13.4. The lowest BCUT2D eigenvalue weighted by Crippen LogP contribution is -2.57. The summed E-state index contributed by atoms with van der Waals surface area (Å²) in [6.45, 7) is 6.59. The van der Waals surface area contributed by atoms with Crippen molar-refractivity contribution in [2.75, 3.05) is 20.3 Å². The third-order valence-corrected chi connectivity index (χ3v) is 4.15. The molecule has 1 atom stereocenters. The first-order chi connectivity index (χ1) is 10.0. The van der Waals surface area contributed by atoms with Gasteiger partial charge in [0, 0.05) is 0 Å². The van der Waals surface area contributed by atoms with Crippen molar-refractivity contribution in [1.82, 2.24) is 5.32 Å². The van der Waals surface area contributed by atoms with Crippen molar-refractivity contribution in [2.45, 2.75) is 39.2 Å². The summed E-state index contributed by atoms with van der Waals surface area (Å²) in [6, 6.07) is 6.06. The van der Waals surface area contributed by atoms with E-state index < -0.39 is 5.54 Å². The summed E-state index contributed by atoms with van der Waals surface area (Å²) >= 11 is 0. The van der Waals surface area contributed by atoms with Gasteiger partial charge in [0.2, 0.25) is 0 Å². The highest BCUT2D eigenvalue weighted by atomic mass is 16.5. The zero-order chi connectivity index (χ0) is 15.5. The first kappa shape index (κ1) is 15.8. The average Bonchev–Trinajstić information content (AvgIpc) is 3.27. The Morgan fingerprint density at radius 2 is 2.10 bits per heavy atom. The molecule has 21 heavy (non-hydrogen) atoms.